The van der Waals surface area contributed by atoms with Crippen LogP contribution in [0.3, 0.4) is 0 Å². The van der Waals surface area contributed by atoms with Gasteiger partial charge in [-0.05, 0) is 42.8 Å². The van der Waals surface area contributed by atoms with Gasteiger partial charge in [0.2, 0.25) is 0 Å². The minimum Gasteiger partial charge on any atom is -0.504 e. The molecule has 0 spiro atoms. The second-order valence-corrected chi connectivity index (χ2v) is 4.25. The molecule has 0 saturated carbocycles. The molecule has 3 rings (SSSR count). The van der Waals surface area contributed by atoms with E-state index in [1.54, 1.807) is 18.2 Å². The number of aromatic nitrogens is 1. The van der Waals surface area contributed by atoms with Gasteiger partial charge < -0.3 is 14.2 Å². The summed E-state index contributed by atoms with van der Waals surface area (Å²) in [6.07, 6.45) is 4.01. The van der Waals surface area contributed by atoms with Gasteiger partial charge in [0.1, 0.15) is 0 Å². The van der Waals surface area contributed by atoms with Gasteiger partial charge in [-0.3, -0.25) is 0 Å². The Labute approximate surface area is 105 Å². The lowest BCUT2D eigenvalue weighted by molar-refractivity contribution is 0.413. The number of rotatable bonds is 2. The van der Waals surface area contributed by atoms with Crippen LogP contribution < -0.4 is 4.74 Å². The molecule has 0 radical (unpaired) electrons. The molecule has 18 heavy (non-hydrogen) atoms. The average molecular weight is 239 g/mol. The van der Waals surface area contributed by atoms with E-state index >= 15 is 0 Å². The first-order chi connectivity index (χ1) is 8.74. The van der Waals surface area contributed by atoms with Crippen LogP contribution in [-0.2, 0) is 0 Å². The van der Waals surface area contributed by atoms with E-state index in [0.717, 1.165) is 11.3 Å². The largest absolute Gasteiger partial charge is 0.504 e. The average Bonchev–Trinajstić information content (AvgIpc) is 2.73. The number of aromatic hydroxyl groups is 1. The molecule has 0 amide bonds. The van der Waals surface area contributed by atoms with Crippen LogP contribution in [0.5, 0.6) is 17.2 Å². The predicted molar refractivity (Wildman–Crippen MR) is 70.3 cm³/mol. The van der Waals surface area contributed by atoms with Gasteiger partial charge in [-0.15, -0.1) is 0 Å². The van der Waals surface area contributed by atoms with Crippen LogP contribution in [0.4, 0.5) is 0 Å². The molecule has 0 aliphatic carbocycles. The molecule has 1 aromatic carbocycles. The van der Waals surface area contributed by atoms with Crippen molar-refractivity contribution in [3.05, 3.63) is 60.4 Å². The molecule has 3 heteroatoms. The third kappa shape index (κ3) is 1.80. The van der Waals surface area contributed by atoms with Crippen LogP contribution in [0, 0.1) is 6.92 Å². The molecule has 0 bridgehead atoms. The highest BCUT2D eigenvalue weighted by atomic mass is 16.5. The summed E-state index contributed by atoms with van der Waals surface area (Å²) >= 11 is 0. The van der Waals surface area contributed by atoms with E-state index in [2.05, 4.69) is 6.07 Å². The van der Waals surface area contributed by atoms with E-state index < -0.39 is 0 Å². The number of hydrogen-bond donors (Lipinski definition) is 1. The van der Waals surface area contributed by atoms with Gasteiger partial charge in [-0.25, -0.2) is 0 Å². The smallest absolute Gasteiger partial charge is 0.169 e. The summed E-state index contributed by atoms with van der Waals surface area (Å²) in [5, 5.41) is 9.72. The van der Waals surface area contributed by atoms with Crippen LogP contribution in [0.2, 0.25) is 0 Å². The molecule has 2 heterocycles. The van der Waals surface area contributed by atoms with E-state index in [4.69, 9.17) is 4.74 Å². The zero-order chi connectivity index (χ0) is 12.5. The van der Waals surface area contributed by atoms with E-state index in [-0.39, 0.29) is 5.75 Å². The van der Waals surface area contributed by atoms with Crippen molar-refractivity contribution < 1.29 is 9.84 Å². The SMILES string of the molecule is Cc1cc2c(Oc3ccccc3O)cccn2c1. The monoisotopic (exact) mass is 239 g/mol. The van der Waals surface area contributed by atoms with E-state index in [1.165, 1.54) is 5.56 Å². The van der Waals surface area contributed by atoms with Gasteiger partial charge in [-0.2, -0.15) is 0 Å². The molecule has 0 unspecified atom stereocenters. The van der Waals surface area contributed by atoms with Crippen LogP contribution in [0.15, 0.2) is 54.9 Å². The second kappa shape index (κ2) is 4.11. The summed E-state index contributed by atoms with van der Waals surface area (Å²) in [6, 6.07) is 12.8. The minimum atomic E-state index is 0.141. The third-order valence-corrected chi connectivity index (χ3v) is 2.82. The Kier molecular flexibility index (Phi) is 2.45. The van der Waals surface area contributed by atoms with Gasteiger partial charge in [0.05, 0.1) is 5.52 Å². The number of nitrogens with zero attached hydrogens (tertiary/aromatic N) is 1. The zero-order valence-electron chi connectivity index (χ0n) is 10.00. The second-order valence-electron chi connectivity index (χ2n) is 4.25. The molecular weight excluding hydrogens is 226 g/mol. The van der Waals surface area contributed by atoms with Crippen molar-refractivity contribution in [1.82, 2.24) is 4.40 Å². The topological polar surface area (TPSA) is 33.9 Å². The van der Waals surface area contributed by atoms with Gasteiger partial charge in [0, 0.05) is 12.4 Å². The summed E-state index contributed by atoms with van der Waals surface area (Å²) in [4.78, 5) is 0. The Morgan fingerprint density at radius 1 is 1.06 bits per heavy atom. The van der Waals surface area contributed by atoms with Crippen molar-refractivity contribution in [2.24, 2.45) is 0 Å². The highest BCUT2D eigenvalue weighted by Gasteiger charge is 2.07. The summed E-state index contributed by atoms with van der Waals surface area (Å²) in [5.41, 5.74) is 2.15. The number of pyridine rings is 1. The van der Waals surface area contributed by atoms with Crippen molar-refractivity contribution >= 4 is 5.52 Å². The van der Waals surface area contributed by atoms with E-state index in [9.17, 15) is 5.11 Å². The first kappa shape index (κ1) is 10.7. The number of ether oxygens (including phenoxy) is 1. The fourth-order valence-corrected chi connectivity index (χ4v) is 1.99. The molecule has 0 aliphatic rings. The van der Waals surface area contributed by atoms with Crippen molar-refractivity contribution in [2.75, 3.05) is 0 Å². The third-order valence-electron chi connectivity index (χ3n) is 2.82. The van der Waals surface area contributed by atoms with Crippen LogP contribution in [0.1, 0.15) is 5.56 Å². The maximum absolute atomic E-state index is 9.72. The summed E-state index contributed by atoms with van der Waals surface area (Å²) in [6.45, 7) is 2.04. The standard InChI is InChI=1S/C15H13NO2/c1-11-9-12-14(7-4-8-16(12)10-11)18-15-6-3-2-5-13(15)17/h2-10,17H,1H3. The van der Waals surface area contributed by atoms with Crippen LogP contribution >= 0.6 is 0 Å². The lowest BCUT2D eigenvalue weighted by Gasteiger charge is -2.08. The molecule has 0 aliphatic heterocycles. The highest BCUT2D eigenvalue weighted by molar-refractivity contribution is 5.63. The molecule has 1 N–H and O–H groups in total. The molecule has 0 fully saturated rings. The minimum absolute atomic E-state index is 0.141. The molecular formula is C15H13NO2. The van der Waals surface area contributed by atoms with E-state index in [1.807, 2.05) is 41.9 Å². The summed E-state index contributed by atoms with van der Waals surface area (Å²) in [7, 11) is 0. The number of aryl methyl sites for hydroxylation is 1. The number of para-hydroxylation sites is 2. The molecule has 2 aromatic heterocycles. The van der Waals surface area contributed by atoms with Crippen LogP contribution in [0.25, 0.3) is 5.52 Å². The first-order valence-electron chi connectivity index (χ1n) is 5.77. The van der Waals surface area contributed by atoms with Gasteiger partial charge in [-0.1, -0.05) is 12.1 Å². The fraction of sp³-hybridized carbons (Fsp3) is 0.0667. The maximum atomic E-state index is 9.72. The molecule has 0 atom stereocenters. The summed E-state index contributed by atoms with van der Waals surface area (Å²) in [5.74, 6) is 1.33. The van der Waals surface area contributed by atoms with E-state index in [0.29, 0.717) is 5.75 Å². The fourth-order valence-electron chi connectivity index (χ4n) is 1.99. The Balaban J connectivity index is 2.07. The van der Waals surface area contributed by atoms with Crippen molar-refractivity contribution in [1.29, 1.82) is 0 Å². The maximum Gasteiger partial charge on any atom is 0.169 e. The Morgan fingerprint density at radius 3 is 2.67 bits per heavy atom. The van der Waals surface area contributed by atoms with Gasteiger partial charge in [0.25, 0.3) is 0 Å². The molecule has 90 valence electrons. The quantitative estimate of drug-likeness (QED) is 0.739. The van der Waals surface area contributed by atoms with Crippen molar-refractivity contribution in [3.63, 3.8) is 0 Å². The number of phenols is 1. The van der Waals surface area contributed by atoms with Gasteiger partial charge in [0.15, 0.2) is 17.2 Å². The molecule has 3 nitrogen and oxygen atoms in total. The number of benzene rings is 1. The Hall–Kier alpha value is -2.42. The number of phenolic OH excluding ortho intramolecular Hbond substituents is 1. The Bertz CT molecular complexity index is 701. The van der Waals surface area contributed by atoms with Crippen molar-refractivity contribution in [3.8, 4) is 17.2 Å². The Morgan fingerprint density at radius 2 is 1.83 bits per heavy atom. The zero-order valence-corrected chi connectivity index (χ0v) is 10.00. The van der Waals surface area contributed by atoms with Crippen molar-refractivity contribution in [2.45, 2.75) is 6.92 Å². The lowest BCUT2D eigenvalue weighted by atomic mass is 10.3. The predicted octanol–water partition coefficient (Wildman–Crippen LogP) is 3.75. The first-order valence-corrected chi connectivity index (χ1v) is 5.77. The van der Waals surface area contributed by atoms with Crippen LogP contribution in [-0.4, -0.2) is 9.51 Å². The number of hydrogen-bond acceptors (Lipinski definition) is 2. The summed E-state index contributed by atoms with van der Waals surface area (Å²) < 4.78 is 7.77. The normalized spacial score (nSPS) is 10.7. The molecule has 0 saturated heterocycles. The number of fused-ring (bicyclic) bond motifs is 1. The molecule has 3 aromatic rings. The lowest BCUT2D eigenvalue weighted by Crippen LogP contribution is -1.88. The van der Waals surface area contributed by atoms with Gasteiger partial charge >= 0.3 is 0 Å². The highest BCUT2D eigenvalue weighted by Crippen LogP contribution is 2.32.